The molecule has 0 saturated heterocycles. The Hall–Kier alpha value is -2.66. The molecule has 1 N–H and O–H groups in total. The van der Waals surface area contributed by atoms with Crippen LogP contribution in [-0.4, -0.2) is 15.5 Å². The molecule has 0 aliphatic heterocycles. The van der Waals surface area contributed by atoms with Crippen LogP contribution >= 0.6 is 11.6 Å². The van der Waals surface area contributed by atoms with E-state index >= 15 is 0 Å². The second-order valence-corrected chi connectivity index (χ2v) is 6.55. The smallest absolute Gasteiger partial charge is 0.261 e. The van der Waals surface area contributed by atoms with Crippen LogP contribution < -0.4 is 10.9 Å². The van der Waals surface area contributed by atoms with Gasteiger partial charge < -0.3 is 5.32 Å². The van der Waals surface area contributed by atoms with Crippen molar-refractivity contribution in [2.45, 2.75) is 33.2 Å². The predicted molar refractivity (Wildman–Crippen MR) is 106 cm³/mol. The number of carbonyl (C=O) groups excluding carboxylic acids is 1. The molecule has 1 heterocycles. The molecule has 0 fully saturated rings. The minimum atomic E-state index is -0.184. The first-order valence-electron chi connectivity index (χ1n) is 8.58. The summed E-state index contributed by atoms with van der Waals surface area (Å²) in [5.74, 6) is 0.380. The first kappa shape index (κ1) is 18.1. The number of hydrogen-bond donors (Lipinski definition) is 1. The molecule has 5 nitrogen and oxygen atoms in total. The molecule has 134 valence electrons. The third kappa shape index (κ3) is 3.63. The maximum atomic E-state index is 13.1. The molecule has 3 rings (SSSR count). The number of aromatic nitrogens is 2. The van der Waals surface area contributed by atoms with Crippen molar-refractivity contribution in [1.29, 1.82) is 0 Å². The second kappa shape index (κ2) is 7.70. The topological polar surface area (TPSA) is 64.0 Å². The molecule has 0 radical (unpaired) electrons. The molecule has 0 aliphatic carbocycles. The first-order valence-corrected chi connectivity index (χ1v) is 8.96. The van der Waals surface area contributed by atoms with Crippen LogP contribution in [0.5, 0.6) is 0 Å². The Morgan fingerprint density at radius 2 is 2.00 bits per heavy atom. The molecule has 0 bridgehead atoms. The van der Waals surface area contributed by atoms with Crippen molar-refractivity contribution in [2.24, 2.45) is 0 Å². The number of carbonyl (C=O) groups is 1. The lowest BCUT2D eigenvalue weighted by Crippen LogP contribution is -2.24. The maximum absolute atomic E-state index is 13.1. The Bertz CT molecular complexity index is 1030. The summed E-state index contributed by atoms with van der Waals surface area (Å²) in [6.07, 6.45) is 1.81. The van der Waals surface area contributed by atoms with E-state index in [1.54, 1.807) is 28.8 Å². The molecule has 0 spiro atoms. The lowest BCUT2D eigenvalue weighted by atomic mass is 10.1. The maximum Gasteiger partial charge on any atom is 0.261 e. The summed E-state index contributed by atoms with van der Waals surface area (Å²) in [6.45, 7) is 4.06. The molecule has 2 aromatic carbocycles. The van der Waals surface area contributed by atoms with Gasteiger partial charge in [0.05, 0.1) is 15.9 Å². The van der Waals surface area contributed by atoms with E-state index in [0.717, 1.165) is 18.4 Å². The highest BCUT2D eigenvalue weighted by Crippen LogP contribution is 2.27. The van der Waals surface area contributed by atoms with Gasteiger partial charge in [-0.25, -0.2) is 4.98 Å². The standard InChI is InChI=1S/C20H20ClN3O2/c1-3-4-11-24-19(15-7-5-6-8-17(15)21)23-18-10-9-14(22-13(2)25)12-16(18)20(24)26/h5-10,12H,3-4,11H2,1-2H3,(H,22,25). The first-order chi connectivity index (χ1) is 12.5. The van der Waals surface area contributed by atoms with Crippen molar-refractivity contribution in [3.05, 3.63) is 57.8 Å². The molecule has 6 heteroatoms. The summed E-state index contributed by atoms with van der Waals surface area (Å²) in [5.41, 5.74) is 1.75. The van der Waals surface area contributed by atoms with Gasteiger partial charge in [0.25, 0.3) is 5.56 Å². The molecule has 0 aliphatic rings. The molecule has 26 heavy (non-hydrogen) atoms. The van der Waals surface area contributed by atoms with Crippen LogP contribution in [0.4, 0.5) is 5.69 Å². The number of nitrogens with one attached hydrogen (secondary N) is 1. The van der Waals surface area contributed by atoms with Crippen LogP contribution in [0.25, 0.3) is 22.3 Å². The minimum absolute atomic E-state index is 0.134. The van der Waals surface area contributed by atoms with Gasteiger partial charge in [-0.15, -0.1) is 0 Å². The molecule has 0 saturated carbocycles. The zero-order valence-corrected chi connectivity index (χ0v) is 15.5. The van der Waals surface area contributed by atoms with Crippen molar-refractivity contribution < 1.29 is 4.79 Å². The Morgan fingerprint density at radius 1 is 1.23 bits per heavy atom. The van der Waals surface area contributed by atoms with E-state index < -0.39 is 0 Å². The van der Waals surface area contributed by atoms with Crippen molar-refractivity contribution in [3.63, 3.8) is 0 Å². The minimum Gasteiger partial charge on any atom is -0.326 e. The average Bonchev–Trinajstić information content (AvgIpc) is 2.61. The molecule has 0 unspecified atom stereocenters. The fourth-order valence-electron chi connectivity index (χ4n) is 2.87. The lowest BCUT2D eigenvalue weighted by Gasteiger charge is -2.15. The Balaban J connectivity index is 2.25. The third-order valence-electron chi connectivity index (χ3n) is 4.12. The number of fused-ring (bicyclic) bond motifs is 1. The van der Waals surface area contributed by atoms with Gasteiger partial charge in [-0.1, -0.05) is 37.1 Å². The summed E-state index contributed by atoms with van der Waals surface area (Å²) in [4.78, 5) is 29.1. The molecular formula is C20H20ClN3O2. The normalized spacial score (nSPS) is 10.9. The lowest BCUT2D eigenvalue weighted by molar-refractivity contribution is -0.114. The Labute approximate surface area is 156 Å². The van der Waals surface area contributed by atoms with Crippen molar-refractivity contribution in [3.8, 4) is 11.4 Å². The summed E-state index contributed by atoms with van der Waals surface area (Å²) >= 11 is 6.35. The van der Waals surface area contributed by atoms with Crippen molar-refractivity contribution >= 4 is 34.1 Å². The number of rotatable bonds is 5. The number of amides is 1. The largest absolute Gasteiger partial charge is 0.326 e. The molecule has 1 amide bonds. The van der Waals surface area contributed by atoms with Crippen LogP contribution in [-0.2, 0) is 11.3 Å². The number of hydrogen-bond acceptors (Lipinski definition) is 3. The molecule has 1 aromatic heterocycles. The van der Waals surface area contributed by atoms with Gasteiger partial charge >= 0.3 is 0 Å². The van der Waals surface area contributed by atoms with Crippen LogP contribution in [0.15, 0.2) is 47.3 Å². The summed E-state index contributed by atoms with van der Waals surface area (Å²) < 4.78 is 1.67. The number of unbranched alkanes of at least 4 members (excludes halogenated alkanes) is 1. The zero-order chi connectivity index (χ0) is 18.7. The van der Waals surface area contributed by atoms with E-state index in [0.29, 0.717) is 34.0 Å². The third-order valence-corrected chi connectivity index (χ3v) is 4.45. The Kier molecular flexibility index (Phi) is 5.38. The van der Waals surface area contributed by atoms with E-state index in [9.17, 15) is 9.59 Å². The van der Waals surface area contributed by atoms with E-state index in [4.69, 9.17) is 16.6 Å². The fourth-order valence-corrected chi connectivity index (χ4v) is 3.09. The summed E-state index contributed by atoms with van der Waals surface area (Å²) in [7, 11) is 0. The van der Waals surface area contributed by atoms with E-state index in [1.807, 2.05) is 18.2 Å². The number of benzene rings is 2. The monoisotopic (exact) mass is 369 g/mol. The van der Waals surface area contributed by atoms with Gasteiger partial charge in [0.15, 0.2) is 0 Å². The summed E-state index contributed by atoms with van der Waals surface area (Å²) in [5, 5.41) is 3.74. The second-order valence-electron chi connectivity index (χ2n) is 6.14. The van der Waals surface area contributed by atoms with Crippen LogP contribution in [0, 0.1) is 0 Å². The number of halogens is 1. The van der Waals surface area contributed by atoms with Crippen LogP contribution in [0.3, 0.4) is 0 Å². The quantitative estimate of drug-likeness (QED) is 0.721. The molecular weight excluding hydrogens is 350 g/mol. The van der Waals surface area contributed by atoms with Gasteiger partial charge in [-0.2, -0.15) is 0 Å². The SMILES string of the molecule is CCCCn1c(-c2ccccc2Cl)nc2ccc(NC(C)=O)cc2c1=O. The zero-order valence-electron chi connectivity index (χ0n) is 14.8. The van der Waals surface area contributed by atoms with E-state index in [-0.39, 0.29) is 11.5 Å². The van der Waals surface area contributed by atoms with Crippen molar-refractivity contribution in [2.75, 3.05) is 5.32 Å². The predicted octanol–water partition coefficient (Wildman–Crippen LogP) is 4.48. The van der Waals surface area contributed by atoms with E-state index in [2.05, 4.69) is 12.2 Å². The number of nitrogens with zero attached hydrogens (tertiary/aromatic N) is 2. The van der Waals surface area contributed by atoms with Gasteiger partial charge in [0.1, 0.15) is 5.82 Å². The van der Waals surface area contributed by atoms with Crippen LogP contribution in [0.2, 0.25) is 5.02 Å². The van der Waals surface area contributed by atoms with Crippen molar-refractivity contribution in [1.82, 2.24) is 9.55 Å². The van der Waals surface area contributed by atoms with Gasteiger partial charge in [-0.3, -0.25) is 14.2 Å². The van der Waals surface area contributed by atoms with Crippen LogP contribution in [0.1, 0.15) is 26.7 Å². The fraction of sp³-hybridized carbons (Fsp3) is 0.250. The highest BCUT2D eigenvalue weighted by molar-refractivity contribution is 6.33. The summed E-state index contributed by atoms with van der Waals surface area (Å²) in [6, 6.07) is 12.5. The molecule has 0 atom stereocenters. The molecule has 3 aromatic rings. The average molecular weight is 370 g/mol. The number of anilines is 1. The highest BCUT2D eigenvalue weighted by atomic mass is 35.5. The van der Waals surface area contributed by atoms with Gasteiger partial charge in [0.2, 0.25) is 5.91 Å². The highest BCUT2D eigenvalue weighted by Gasteiger charge is 2.15. The van der Waals surface area contributed by atoms with Gasteiger partial charge in [-0.05, 0) is 36.8 Å². The van der Waals surface area contributed by atoms with E-state index in [1.165, 1.54) is 6.92 Å². The Morgan fingerprint density at radius 3 is 2.69 bits per heavy atom. The van der Waals surface area contributed by atoms with Gasteiger partial charge in [0, 0.05) is 24.7 Å².